The first-order valence-corrected chi connectivity index (χ1v) is 9.21. The second-order valence-corrected chi connectivity index (χ2v) is 7.19. The SMILES string of the molecule is CCOc1ccc(-c2cc(C(F)(F)F)c3c(n2)SC2C(O)=CC(=O)N=C32)cc1. The summed E-state index contributed by atoms with van der Waals surface area (Å²) >= 11 is 0.944. The Labute approximate surface area is 162 Å². The van der Waals surface area contributed by atoms with Gasteiger partial charge in [0.2, 0.25) is 0 Å². The number of fused-ring (bicyclic) bond motifs is 3. The van der Waals surface area contributed by atoms with E-state index >= 15 is 0 Å². The number of amides is 1. The maximum absolute atomic E-state index is 13.8. The molecule has 28 heavy (non-hydrogen) atoms. The lowest BCUT2D eigenvalue weighted by Crippen LogP contribution is -2.24. The number of hydrogen-bond donors (Lipinski definition) is 1. The van der Waals surface area contributed by atoms with Gasteiger partial charge in [0.1, 0.15) is 21.8 Å². The van der Waals surface area contributed by atoms with Gasteiger partial charge in [-0.05, 0) is 37.3 Å². The number of thioether (sulfide) groups is 1. The van der Waals surface area contributed by atoms with E-state index in [0.717, 1.165) is 23.9 Å². The smallest absolute Gasteiger partial charge is 0.417 e. The molecule has 3 heterocycles. The van der Waals surface area contributed by atoms with Crippen LogP contribution in [0.4, 0.5) is 13.2 Å². The highest BCUT2D eigenvalue weighted by atomic mass is 32.2. The Hall–Kier alpha value is -2.81. The van der Waals surface area contributed by atoms with Crippen LogP contribution < -0.4 is 4.74 Å². The monoisotopic (exact) mass is 406 g/mol. The van der Waals surface area contributed by atoms with E-state index in [4.69, 9.17) is 4.74 Å². The number of aliphatic imine (C=N–C) groups is 1. The Morgan fingerprint density at radius 1 is 1.25 bits per heavy atom. The van der Waals surface area contributed by atoms with Gasteiger partial charge in [0.05, 0.1) is 23.6 Å². The summed E-state index contributed by atoms with van der Waals surface area (Å²) in [4.78, 5) is 19.7. The summed E-state index contributed by atoms with van der Waals surface area (Å²) in [6, 6.07) is 7.52. The molecule has 0 spiro atoms. The highest BCUT2D eigenvalue weighted by Gasteiger charge is 2.45. The molecule has 0 aliphatic carbocycles. The number of aliphatic hydroxyl groups is 1. The van der Waals surface area contributed by atoms with Crippen molar-refractivity contribution in [1.29, 1.82) is 0 Å². The van der Waals surface area contributed by atoms with Gasteiger partial charge in [0, 0.05) is 17.2 Å². The second-order valence-electron chi connectivity index (χ2n) is 6.09. The minimum atomic E-state index is -4.68. The van der Waals surface area contributed by atoms with Crippen LogP contribution in [0.25, 0.3) is 11.3 Å². The van der Waals surface area contributed by atoms with Crippen molar-refractivity contribution >= 4 is 23.4 Å². The maximum Gasteiger partial charge on any atom is 0.417 e. The van der Waals surface area contributed by atoms with Gasteiger partial charge in [-0.25, -0.2) is 9.98 Å². The molecule has 1 aromatic heterocycles. The molecule has 1 atom stereocenters. The Balaban J connectivity index is 1.86. The van der Waals surface area contributed by atoms with Crippen LogP contribution in [0.1, 0.15) is 18.1 Å². The van der Waals surface area contributed by atoms with E-state index in [1.165, 1.54) is 0 Å². The number of halogens is 3. The summed E-state index contributed by atoms with van der Waals surface area (Å²) in [6.45, 7) is 2.31. The topological polar surface area (TPSA) is 71.8 Å². The third kappa shape index (κ3) is 3.15. The summed E-state index contributed by atoms with van der Waals surface area (Å²) in [7, 11) is 0. The van der Waals surface area contributed by atoms with Gasteiger partial charge >= 0.3 is 6.18 Å². The average molecular weight is 406 g/mol. The first-order chi connectivity index (χ1) is 13.3. The molecule has 2 aliphatic heterocycles. The number of rotatable bonds is 3. The van der Waals surface area contributed by atoms with E-state index < -0.39 is 22.9 Å². The normalized spacial score (nSPS) is 18.3. The molecule has 1 aromatic carbocycles. The van der Waals surface area contributed by atoms with Crippen molar-refractivity contribution in [2.24, 2.45) is 4.99 Å². The van der Waals surface area contributed by atoms with Crippen LogP contribution in [-0.4, -0.2) is 33.6 Å². The number of pyridine rings is 1. The van der Waals surface area contributed by atoms with E-state index in [1.807, 2.05) is 6.92 Å². The predicted octanol–water partition coefficient (Wildman–Crippen LogP) is 4.41. The lowest BCUT2D eigenvalue weighted by atomic mass is 9.98. The third-order valence-electron chi connectivity index (χ3n) is 4.26. The van der Waals surface area contributed by atoms with Crippen LogP contribution >= 0.6 is 11.8 Å². The minimum Gasteiger partial charge on any atom is -0.510 e. The van der Waals surface area contributed by atoms with Crippen molar-refractivity contribution in [3.63, 3.8) is 0 Å². The van der Waals surface area contributed by atoms with E-state index in [-0.39, 0.29) is 27.8 Å². The molecule has 2 aliphatic rings. The van der Waals surface area contributed by atoms with Crippen LogP contribution in [0, 0.1) is 0 Å². The second kappa shape index (κ2) is 6.66. The fourth-order valence-corrected chi connectivity index (χ4v) is 4.26. The predicted molar refractivity (Wildman–Crippen MR) is 97.7 cm³/mol. The highest BCUT2D eigenvalue weighted by molar-refractivity contribution is 8.01. The number of carbonyl (C=O) groups excluding carboxylic acids is 1. The number of aliphatic hydroxyl groups excluding tert-OH is 1. The van der Waals surface area contributed by atoms with Gasteiger partial charge in [-0.2, -0.15) is 13.2 Å². The van der Waals surface area contributed by atoms with Gasteiger partial charge in [-0.15, -0.1) is 0 Å². The van der Waals surface area contributed by atoms with Crippen LogP contribution in [0.2, 0.25) is 0 Å². The fourth-order valence-electron chi connectivity index (χ4n) is 3.08. The Morgan fingerprint density at radius 2 is 1.96 bits per heavy atom. The van der Waals surface area contributed by atoms with Crippen molar-refractivity contribution in [2.45, 2.75) is 23.4 Å². The number of alkyl halides is 3. The van der Waals surface area contributed by atoms with Crippen molar-refractivity contribution in [3.05, 3.63) is 53.3 Å². The number of nitrogens with zero attached hydrogens (tertiary/aromatic N) is 2. The molecule has 144 valence electrons. The molecule has 1 unspecified atom stereocenters. The molecule has 0 fully saturated rings. The average Bonchev–Trinajstić information content (AvgIpc) is 3.00. The zero-order chi connectivity index (χ0) is 20.1. The zero-order valence-corrected chi connectivity index (χ0v) is 15.3. The molecule has 4 rings (SSSR count). The summed E-state index contributed by atoms with van der Waals surface area (Å²) < 4.78 is 46.7. The number of ether oxygens (including phenoxy) is 1. The molecule has 0 saturated heterocycles. The van der Waals surface area contributed by atoms with E-state index in [9.17, 15) is 23.1 Å². The number of benzene rings is 1. The van der Waals surface area contributed by atoms with E-state index in [0.29, 0.717) is 17.9 Å². The van der Waals surface area contributed by atoms with Crippen molar-refractivity contribution < 1.29 is 27.8 Å². The van der Waals surface area contributed by atoms with Gasteiger partial charge in [0.25, 0.3) is 5.91 Å². The van der Waals surface area contributed by atoms with Crippen LogP contribution in [0.3, 0.4) is 0 Å². The first-order valence-electron chi connectivity index (χ1n) is 8.33. The van der Waals surface area contributed by atoms with E-state index in [2.05, 4.69) is 9.98 Å². The molecular weight excluding hydrogens is 393 g/mol. The first kappa shape index (κ1) is 18.5. The lowest BCUT2D eigenvalue weighted by molar-refractivity contribution is -0.138. The van der Waals surface area contributed by atoms with Crippen LogP contribution in [0.15, 0.2) is 52.2 Å². The Bertz CT molecular complexity index is 1030. The molecule has 0 radical (unpaired) electrons. The van der Waals surface area contributed by atoms with Crippen molar-refractivity contribution in [1.82, 2.24) is 4.98 Å². The number of hydrogen-bond acceptors (Lipinski definition) is 5. The highest BCUT2D eigenvalue weighted by Crippen LogP contribution is 2.47. The lowest BCUT2D eigenvalue weighted by Gasteiger charge is -2.16. The molecule has 2 aromatic rings. The van der Waals surface area contributed by atoms with Crippen LogP contribution in [0.5, 0.6) is 5.75 Å². The molecule has 1 N–H and O–H groups in total. The van der Waals surface area contributed by atoms with Gasteiger partial charge in [-0.3, -0.25) is 4.79 Å². The molecule has 9 heteroatoms. The minimum absolute atomic E-state index is 0.0807. The Morgan fingerprint density at radius 3 is 2.61 bits per heavy atom. The molecule has 0 bridgehead atoms. The van der Waals surface area contributed by atoms with Gasteiger partial charge in [-0.1, -0.05) is 11.8 Å². The standard InChI is InChI=1S/C19H13F3N2O3S/c1-2-27-10-5-3-9(4-6-10)12-7-11(19(20,21)22)15-16-17(28-18(15)23-12)13(25)8-14(26)24-16/h3-8,17,25H,2H2,1H3. The van der Waals surface area contributed by atoms with Gasteiger partial charge < -0.3 is 9.84 Å². The quantitative estimate of drug-likeness (QED) is 0.818. The molecule has 0 saturated carbocycles. The molecule has 1 amide bonds. The fraction of sp³-hybridized carbons (Fsp3) is 0.211. The third-order valence-corrected chi connectivity index (χ3v) is 5.48. The molecule has 5 nitrogen and oxygen atoms in total. The van der Waals surface area contributed by atoms with Crippen molar-refractivity contribution in [3.8, 4) is 17.0 Å². The summed E-state index contributed by atoms with van der Waals surface area (Å²) in [6.07, 6.45) is -3.77. The number of aromatic nitrogens is 1. The summed E-state index contributed by atoms with van der Waals surface area (Å²) in [5.74, 6) is -0.513. The Kier molecular flexibility index (Phi) is 4.41. The molecular formula is C19H13F3N2O3S. The number of dihydropyridines is 1. The largest absolute Gasteiger partial charge is 0.510 e. The number of carbonyl (C=O) groups is 1. The zero-order valence-electron chi connectivity index (χ0n) is 14.4. The van der Waals surface area contributed by atoms with Gasteiger partial charge in [0.15, 0.2) is 0 Å². The summed E-state index contributed by atoms with van der Waals surface area (Å²) in [5.41, 5.74) is -0.661. The van der Waals surface area contributed by atoms with Crippen LogP contribution in [-0.2, 0) is 11.0 Å². The van der Waals surface area contributed by atoms with E-state index in [1.54, 1.807) is 24.3 Å². The summed E-state index contributed by atoms with van der Waals surface area (Å²) in [5, 5.41) is 9.22. The maximum atomic E-state index is 13.8. The van der Waals surface area contributed by atoms with Crippen molar-refractivity contribution in [2.75, 3.05) is 6.61 Å².